The van der Waals surface area contributed by atoms with Crippen molar-refractivity contribution in [2.75, 3.05) is 13.2 Å². The molecule has 0 spiro atoms. The van der Waals surface area contributed by atoms with E-state index in [0.717, 1.165) is 31.6 Å². The number of hydrogen-bond acceptors (Lipinski definition) is 6. The lowest BCUT2D eigenvalue weighted by molar-refractivity contribution is 0.0662. The molecule has 0 unspecified atom stereocenters. The van der Waals surface area contributed by atoms with Gasteiger partial charge < -0.3 is 4.74 Å². The second-order valence-corrected chi connectivity index (χ2v) is 7.35. The van der Waals surface area contributed by atoms with Crippen molar-refractivity contribution in [3.8, 4) is 5.69 Å². The summed E-state index contributed by atoms with van der Waals surface area (Å²) in [6.45, 7) is 1.54. The Balaban J connectivity index is 1.42. The van der Waals surface area contributed by atoms with E-state index in [1.54, 1.807) is 12.3 Å². The number of aromatic nitrogens is 7. The fourth-order valence-electron chi connectivity index (χ4n) is 3.44. The smallest absolute Gasteiger partial charge is 0.187 e. The molecule has 0 bridgehead atoms. The van der Waals surface area contributed by atoms with Gasteiger partial charge in [-0.3, -0.25) is 4.68 Å². The van der Waals surface area contributed by atoms with Crippen LogP contribution in [0.3, 0.4) is 0 Å². The molecule has 1 aliphatic heterocycles. The zero-order valence-corrected chi connectivity index (χ0v) is 16.1. The third-order valence-corrected chi connectivity index (χ3v) is 5.26. The fraction of sp³-hybridized carbons (Fsp3) is 0.316. The monoisotopic (exact) mass is 413 g/mol. The van der Waals surface area contributed by atoms with E-state index >= 15 is 0 Å². The van der Waals surface area contributed by atoms with Crippen LogP contribution in [0.5, 0.6) is 0 Å². The highest BCUT2D eigenvalue weighted by Gasteiger charge is 2.17. The average Bonchev–Trinajstić information content (AvgIpc) is 3.38. The highest BCUT2D eigenvalue weighted by Crippen LogP contribution is 2.22. The standard InChI is InChI=1S/C19H17ClFN7O/c20-15-8-14(1-2-16(15)21)28-19-17(25-26-28)10-22-18(24-19)7-12-9-23-27(11-12)13-3-5-29-6-4-13/h1-2,8-11,13H,3-7H2. The zero-order valence-electron chi connectivity index (χ0n) is 15.4. The minimum Gasteiger partial charge on any atom is -0.381 e. The van der Waals surface area contributed by atoms with Crippen LogP contribution in [0.4, 0.5) is 4.39 Å². The number of rotatable bonds is 4. The van der Waals surface area contributed by atoms with Crippen molar-refractivity contribution in [3.63, 3.8) is 0 Å². The highest BCUT2D eigenvalue weighted by atomic mass is 35.5. The first kappa shape index (κ1) is 18.1. The van der Waals surface area contributed by atoms with E-state index < -0.39 is 5.82 Å². The van der Waals surface area contributed by atoms with Gasteiger partial charge in [0, 0.05) is 25.8 Å². The summed E-state index contributed by atoms with van der Waals surface area (Å²) >= 11 is 5.90. The predicted molar refractivity (Wildman–Crippen MR) is 104 cm³/mol. The second kappa shape index (κ2) is 7.49. The summed E-state index contributed by atoms with van der Waals surface area (Å²) in [5.74, 6) is 0.137. The lowest BCUT2D eigenvalue weighted by atomic mass is 10.1. The van der Waals surface area contributed by atoms with E-state index in [1.807, 2.05) is 17.1 Å². The lowest BCUT2D eigenvalue weighted by Crippen LogP contribution is -2.19. The summed E-state index contributed by atoms with van der Waals surface area (Å²) in [4.78, 5) is 9.01. The number of ether oxygens (including phenoxy) is 1. The maximum atomic E-state index is 13.5. The SMILES string of the molecule is Fc1ccc(-n2nnc3cnc(Cc4cnn(C5CCOCC5)c4)nc32)cc1Cl. The molecule has 0 radical (unpaired) electrons. The molecule has 0 aliphatic carbocycles. The van der Waals surface area contributed by atoms with E-state index in [9.17, 15) is 4.39 Å². The first-order valence-electron chi connectivity index (χ1n) is 9.31. The lowest BCUT2D eigenvalue weighted by Gasteiger charge is -2.22. The summed E-state index contributed by atoms with van der Waals surface area (Å²) in [5, 5.41) is 12.7. The fourth-order valence-corrected chi connectivity index (χ4v) is 3.61. The quantitative estimate of drug-likeness (QED) is 0.511. The minimum atomic E-state index is -0.489. The van der Waals surface area contributed by atoms with Gasteiger partial charge in [-0.1, -0.05) is 16.8 Å². The van der Waals surface area contributed by atoms with Gasteiger partial charge >= 0.3 is 0 Å². The van der Waals surface area contributed by atoms with Gasteiger partial charge in [-0.25, -0.2) is 14.4 Å². The van der Waals surface area contributed by atoms with Gasteiger partial charge in [-0.15, -0.1) is 5.10 Å². The van der Waals surface area contributed by atoms with E-state index in [1.165, 1.54) is 16.8 Å². The van der Waals surface area contributed by atoms with Gasteiger partial charge in [0.25, 0.3) is 0 Å². The van der Waals surface area contributed by atoms with Crippen LogP contribution in [0.25, 0.3) is 16.9 Å². The third-order valence-electron chi connectivity index (χ3n) is 4.97. The average molecular weight is 414 g/mol. The molecule has 148 valence electrons. The molecule has 5 rings (SSSR count). The number of halogens is 2. The summed E-state index contributed by atoms with van der Waals surface area (Å²) in [6, 6.07) is 4.73. The summed E-state index contributed by atoms with van der Waals surface area (Å²) in [6.07, 6.45) is 7.99. The van der Waals surface area contributed by atoms with Gasteiger partial charge in [-0.2, -0.15) is 9.78 Å². The molecule has 4 aromatic rings. The molecule has 0 saturated carbocycles. The molecule has 4 heterocycles. The highest BCUT2D eigenvalue weighted by molar-refractivity contribution is 6.30. The van der Waals surface area contributed by atoms with Crippen molar-refractivity contribution < 1.29 is 9.13 Å². The van der Waals surface area contributed by atoms with Crippen molar-refractivity contribution in [1.82, 2.24) is 34.7 Å². The summed E-state index contributed by atoms with van der Waals surface area (Å²) in [7, 11) is 0. The Morgan fingerprint density at radius 1 is 1.21 bits per heavy atom. The number of nitrogens with zero attached hydrogens (tertiary/aromatic N) is 7. The Hall–Kier alpha value is -2.91. The molecule has 1 fully saturated rings. The van der Waals surface area contributed by atoms with E-state index in [2.05, 4.69) is 25.4 Å². The molecule has 1 saturated heterocycles. The molecule has 0 amide bonds. The topological polar surface area (TPSA) is 83.5 Å². The van der Waals surface area contributed by atoms with Crippen LogP contribution >= 0.6 is 11.6 Å². The van der Waals surface area contributed by atoms with Crippen molar-refractivity contribution in [3.05, 3.63) is 59.0 Å². The summed E-state index contributed by atoms with van der Waals surface area (Å²) in [5.41, 5.74) is 2.69. The van der Waals surface area contributed by atoms with Crippen LogP contribution in [0.2, 0.25) is 5.02 Å². The van der Waals surface area contributed by atoms with Crippen LogP contribution in [-0.4, -0.2) is 48.0 Å². The minimum absolute atomic E-state index is 0.0148. The number of hydrogen-bond donors (Lipinski definition) is 0. The van der Waals surface area contributed by atoms with Crippen molar-refractivity contribution in [2.24, 2.45) is 0 Å². The predicted octanol–water partition coefficient (Wildman–Crippen LogP) is 3.14. The van der Waals surface area contributed by atoms with Crippen molar-refractivity contribution in [2.45, 2.75) is 25.3 Å². The molecule has 3 aromatic heterocycles. The van der Waals surface area contributed by atoms with Crippen LogP contribution in [0.1, 0.15) is 30.3 Å². The van der Waals surface area contributed by atoms with Gasteiger partial charge in [0.05, 0.1) is 29.1 Å². The molecule has 0 N–H and O–H groups in total. The Morgan fingerprint density at radius 3 is 2.90 bits per heavy atom. The largest absolute Gasteiger partial charge is 0.381 e. The Kier molecular flexibility index (Phi) is 4.69. The molecule has 10 heteroatoms. The Labute approximate surface area is 170 Å². The molecule has 8 nitrogen and oxygen atoms in total. The van der Waals surface area contributed by atoms with E-state index in [-0.39, 0.29) is 5.02 Å². The molecular formula is C19H17ClFN7O. The zero-order chi connectivity index (χ0) is 19.8. The maximum Gasteiger partial charge on any atom is 0.187 e. The van der Waals surface area contributed by atoms with Crippen LogP contribution in [0, 0.1) is 5.82 Å². The normalized spacial score (nSPS) is 15.2. The molecule has 1 aliphatic rings. The van der Waals surface area contributed by atoms with Gasteiger partial charge in [0.2, 0.25) is 0 Å². The van der Waals surface area contributed by atoms with Crippen molar-refractivity contribution >= 4 is 22.8 Å². The van der Waals surface area contributed by atoms with Crippen LogP contribution in [-0.2, 0) is 11.2 Å². The molecular weight excluding hydrogens is 397 g/mol. The first-order chi connectivity index (χ1) is 14.2. The molecule has 1 aromatic carbocycles. The van der Waals surface area contributed by atoms with Gasteiger partial charge in [0.1, 0.15) is 11.6 Å². The molecule has 29 heavy (non-hydrogen) atoms. The number of fused-ring (bicyclic) bond motifs is 1. The van der Waals surface area contributed by atoms with Crippen molar-refractivity contribution in [1.29, 1.82) is 0 Å². The first-order valence-corrected chi connectivity index (χ1v) is 9.69. The van der Waals surface area contributed by atoms with Gasteiger partial charge in [0.15, 0.2) is 11.2 Å². The third kappa shape index (κ3) is 3.58. The van der Waals surface area contributed by atoms with Crippen LogP contribution in [0.15, 0.2) is 36.8 Å². The maximum absolute atomic E-state index is 13.5. The Morgan fingerprint density at radius 2 is 2.07 bits per heavy atom. The summed E-state index contributed by atoms with van der Waals surface area (Å²) < 4.78 is 22.4. The van der Waals surface area contributed by atoms with E-state index in [0.29, 0.717) is 35.1 Å². The Bertz CT molecular complexity index is 1170. The second-order valence-electron chi connectivity index (χ2n) is 6.94. The van der Waals surface area contributed by atoms with Crippen LogP contribution < -0.4 is 0 Å². The van der Waals surface area contributed by atoms with E-state index in [4.69, 9.17) is 16.3 Å². The molecule has 0 atom stereocenters. The van der Waals surface area contributed by atoms with Gasteiger partial charge in [-0.05, 0) is 36.6 Å². The number of benzene rings is 1.